The Labute approximate surface area is 57.4 Å². The van der Waals surface area contributed by atoms with E-state index >= 15 is 0 Å². The first-order valence-corrected chi connectivity index (χ1v) is 2.85. The Morgan fingerprint density at radius 2 is 2.67 bits per heavy atom. The molecule has 0 radical (unpaired) electrons. The van der Waals surface area contributed by atoms with Gasteiger partial charge in [0.2, 0.25) is 0 Å². The highest BCUT2D eigenvalue weighted by Gasteiger charge is 1.99. The first-order chi connectivity index (χ1) is 4.29. The molecule has 0 fully saturated rings. The Kier molecular flexibility index (Phi) is 1.89. The van der Waals surface area contributed by atoms with E-state index in [1.165, 1.54) is 6.26 Å². The number of carbonyl (C=O) groups excluding carboxylic acids is 1. The Morgan fingerprint density at radius 1 is 1.89 bits per heavy atom. The van der Waals surface area contributed by atoms with Crippen LogP contribution >= 0.6 is 12.6 Å². The predicted octanol–water partition coefficient (Wildman–Crippen LogP) is 0.673. The predicted molar refractivity (Wildman–Crippen MR) is 34.2 cm³/mol. The van der Waals surface area contributed by atoms with Crippen molar-refractivity contribution in [3.8, 4) is 0 Å². The summed E-state index contributed by atoms with van der Waals surface area (Å²) in [7, 11) is 0. The Bertz CT molecular complexity index is 195. The summed E-state index contributed by atoms with van der Waals surface area (Å²) < 4.78 is 4.48. The maximum atomic E-state index is 10.3. The van der Waals surface area contributed by atoms with Crippen molar-refractivity contribution in [2.45, 2.75) is 6.42 Å². The second-order valence-electron chi connectivity index (χ2n) is 1.56. The van der Waals surface area contributed by atoms with Crippen molar-refractivity contribution in [2.75, 3.05) is 0 Å². The highest BCUT2D eigenvalue weighted by molar-refractivity contribution is 7.96. The first kappa shape index (κ1) is 6.35. The van der Waals surface area contributed by atoms with Gasteiger partial charge in [0.15, 0.2) is 5.12 Å². The Balaban J connectivity index is 2.58. The molecule has 1 heterocycles. The molecule has 0 unspecified atom stereocenters. The van der Waals surface area contributed by atoms with E-state index in [-0.39, 0.29) is 11.5 Å². The van der Waals surface area contributed by atoms with Gasteiger partial charge in [-0.05, 0) is 0 Å². The lowest BCUT2D eigenvalue weighted by molar-refractivity contribution is -0.110. The van der Waals surface area contributed by atoms with Gasteiger partial charge in [-0.2, -0.15) is 0 Å². The fourth-order valence-electron chi connectivity index (χ4n) is 0.484. The Morgan fingerprint density at radius 3 is 3.11 bits per heavy atom. The molecule has 4 heteroatoms. The molecule has 0 aliphatic heterocycles. The van der Waals surface area contributed by atoms with Gasteiger partial charge in [-0.15, -0.1) is 12.6 Å². The molecule has 0 aliphatic rings. The molecular weight excluding hydrogens is 138 g/mol. The van der Waals surface area contributed by atoms with Gasteiger partial charge >= 0.3 is 0 Å². The summed E-state index contributed by atoms with van der Waals surface area (Å²) in [5, 5.41) is 3.31. The standard InChI is InChI=1S/C5H5NO2S/c7-5(9)3-4-1-2-8-6-4/h1-2H,3H2,(H,7,9). The number of hydrogen-bond acceptors (Lipinski definition) is 3. The summed E-state index contributed by atoms with van der Waals surface area (Å²) in [5.41, 5.74) is 0.620. The minimum Gasteiger partial charge on any atom is -0.364 e. The third-order valence-electron chi connectivity index (χ3n) is 0.824. The molecule has 1 rings (SSSR count). The minimum absolute atomic E-state index is 0.205. The van der Waals surface area contributed by atoms with Crippen LogP contribution in [0, 0.1) is 0 Å². The van der Waals surface area contributed by atoms with Crippen LogP contribution in [0.2, 0.25) is 0 Å². The molecule has 0 spiro atoms. The molecular formula is C5H5NO2S. The minimum atomic E-state index is -0.205. The molecule has 0 N–H and O–H groups in total. The molecule has 3 nitrogen and oxygen atoms in total. The highest BCUT2D eigenvalue weighted by atomic mass is 32.1. The molecule has 48 valence electrons. The van der Waals surface area contributed by atoms with Crippen molar-refractivity contribution in [1.29, 1.82) is 0 Å². The zero-order valence-corrected chi connectivity index (χ0v) is 5.47. The smallest absolute Gasteiger partial charge is 0.192 e. The summed E-state index contributed by atoms with van der Waals surface area (Å²) >= 11 is 3.56. The van der Waals surface area contributed by atoms with Crippen LogP contribution in [0.5, 0.6) is 0 Å². The Hall–Kier alpha value is -0.770. The van der Waals surface area contributed by atoms with Crippen LogP contribution in [0.15, 0.2) is 16.9 Å². The lowest BCUT2D eigenvalue weighted by atomic mass is 10.3. The summed E-state index contributed by atoms with van der Waals surface area (Å²) in [5.74, 6) is 0. The largest absolute Gasteiger partial charge is 0.364 e. The molecule has 0 aromatic carbocycles. The molecule has 0 atom stereocenters. The first-order valence-electron chi connectivity index (χ1n) is 2.40. The maximum absolute atomic E-state index is 10.3. The third kappa shape index (κ3) is 1.89. The average molecular weight is 143 g/mol. The van der Waals surface area contributed by atoms with Crippen LogP contribution in [0.25, 0.3) is 0 Å². The second kappa shape index (κ2) is 2.68. The number of aromatic nitrogens is 1. The average Bonchev–Trinajstić information content (AvgIpc) is 2.15. The van der Waals surface area contributed by atoms with Crippen molar-refractivity contribution >= 4 is 17.7 Å². The van der Waals surface area contributed by atoms with E-state index in [1.807, 2.05) is 0 Å². The monoisotopic (exact) mass is 143 g/mol. The lowest BCUT2D eigenvalue weighted by Gasteiger charge is -1.82. The van der Waals surface area contributed by atoms with Gasteiger partial charge in [-0.3, -0.25) is 4.79 Å². The van der Waals surface area contributed by atoms with E-state index in [0.717, 1.165) is 0 Å². The molecule has 1 aromatic heterocycles. The van der Waals surface area contributed by atoms with Gasteiger partial charge in [0.1, 0.15) is 6.26 Å². The van der Waals surface area contributed by atoms with E-state index in [2.05, 4.69) is 22.3 Å². The SMILES string of the molecule is O=C(S)Cc1ccon1. The number of thiol groups is 1. The fourth-order valence-corrected chi connectivity index (χ4v) is 0.646. The number of carbonyl (C=O) groups is 1. The van der Waals surface area contributed by atoms with Gasteiger partial charge in [0, 0.05) is 6.07 Å². The van der Waals surface area contributed by atoms with Crippen molar-refractivity contribution in [3.05, 3.63) is 18.0 Å². The number of nitrogens with zero attached hydrogens (tertiary/aromatic N) is 1. The molecule has 0 saturated carbocycles. The van der Waals surface area contributed by atoms with E-state index in [1.54, 1.807) is 6.07 Å². The van der Waals surface area contributed by atoms with Crippen LogP contribution in [0.3, 0.4) is 0 Å². The van der Waals surface area contributed by atoms with Crippen LogP contribution < -0.4 is 0 Å². The second-order valence-corrected chi connectivity index (χ2v) is 2.06. The van der Waals surface area contributed by atoms with Crippen molar-refractivity contribution in [1.82, 2.24) is 5.16 Å². The topological polar surface area (TPSA) is 43.1 Å². The zero-order valence-electron chi connectivity index (χ0n) is 4.57. The van der Waals surface area contributed by atoms with Crippen molar-refractivity contribution < 1.29 is 9.32 Å². The molecule has 0 amide bonds. The molecule has 1 aromatic rings. The summed E-state index contributed by atoms with van der Waals surface area (Å²) in [6, 6.07) is 1.63. The van der Waals surface area contributed by atoms with E-state index in [4.69, 9.17) is 0 Å². The molecule has 0 aliphatic carbocycles. The van der Waals surface area contributed by atoms with Crippen molar-refractivity contribution in [2.24, 2.45) is 0 Å². The van der Waals surface area contributed by atoms with Gasteiger partial charge in [0.25, 0.3) is 0 Å². The van der Waals surface area contributed by atoms with Crippen LogP contribution in [0.1, 0.15) is 5.69 Å². The molecule has 0 saturated heterocycles. The van der Waals surface area contributed by atoms with Crippen LogP contribution in [0.4, 0.5) is 0 Å². The van der Waals surface area contributed by atoms with Gasteiger partial charge in [-0.25, -0.2) is 0 Å². The third-order valence-corrected chi connectivity index (χ3v) is 0.982. The van der Waals surface area contributed by atoms with Gasteiger partial charge in [0.05, 0.1) is 12.1 Å². The van der Waals surface area contributed by atoms with Crippen LogP contribution in [-0.4, -0.2) is 10.3 Å². The fraction of sp³-hybridized carbons (Fsp3) is 0.200. The number of rotatable bonds is 2. The molecule has 0 bridgehead atoms. The van der Waals surface area contributed by atoms with Gasteiger partial charge < -0.3 is 4.52 Å². The normalized spacial score (nSPS) is 9.44. The number of hydrogen-bond donors (Lipinski definition) is 1. The highest BCUT2D eigenvalue weighted by Crippen LogP contribution is 1.97. The van der Waals surface area contributed by atoms with E-state index in [0.29, 0.717) is 5.69 Å². The summed E-state index contributed by atoms with van der Waals surface area (Å²) in [6.07, 6.45) is 1.66. The van der Waals surface area contributed by atoms with Gasteiger partial charge in [-0.1, -0.05) is 5.16 Å². The lowest BCUT2D eigenvalue weighted by Crippen LogP contribution is -1.92. The maximum Gasteiger partial charge on any atom is 0.192 e. The quantitative estimate of drug-likeness (QED) is 0.619. The summed E-state index contributed by atoms with van der Waals surface area (Å²) in [6.45, 7) is 0. The van der Waals surface area contributed by atoms with E-state index in [9.17, 15) is 4.79 Å². The van der Waals surface area contributed by atoms with E-state index < -0.39 is 0 Å². The summed E-state index contributed by atoms with van der Waals surface area (Å²) in [4.78, 5) is 10.3. The van der Waals surface area contributed by atoms with Crippen molar-refractivity contribution in [3.63, 3.8) is 0 Å². The van der Waals surface area contributed by atoms with Crippen LogP contribution in [-0.2, 0) is 11.2 Å². The zero-order chi connectivity index (χ0) is 6.69. The molecule has 9 heavy (non-hydrogen) atoms.